The van der Waals surface area contributed by atoms with E-state index in [2.05, 4.69) is 10.6 Å². The molecule has 1 aromatic carbocycles. The van der Waals surface area contributed by atoms with Gasteiger partial charge in [-0.15, -0.1) is 0 Å². The molecule has 0 saturated carbocycles. The number of nitrogens with one attached hydrogen (secondary N) is 2. The molecule has 0 aliphatic heterocycles. The Morgan fingerprint density at radius 1 is 1.32 bits per heavy atom. The predicted molar refractivity (Wildman–Crippen MR) is 83.1 cm³/mol. The molecule has 0 aromatic heterocycles. The van der Waals surface area contributed by atoms with Crippen LogP contribution in [0.25, 0.3) is 0 Å². The molecule has 1 rings (SSSR count). The van der Waals surface area contributed by atoms with Crippen LogP contribution in [0.4, 0.5) is 10.1 Å². The second-order valence-corrected chi connectivity index (χ2v) is 6.29. The van der Waals surface area contributed by atoms with Gasteiger partial charge in [0.2, 0.25) is 5.91 Å². The number of halogens is 1. The number of rotatable bonds is 5. The number of hydrogen-bond donors (Lipinski definition) is 3. The first kappa shape index (κ1) is 18.1. The van der Waals surface area contributed by atoms with Gasteiger partial charge in [0.15, 0.2) is 0 Å². The lowest BCUT2D eigenvalue weighted by molar-refractivity contribution is -0.123. The fourth-order valence-electron chi connectivity index (χ4n) is 1.66. The van der Waals surface area contributed by atoms with E-state index in [1.165, 1.54) is 12.1 Å². The lowest BCUT2D eigenvalue weighted by atomic mass is 9.95. The van der Waals surface area contributed by atoms with E-state index in [0.717, 1.165) is 6.07 Å². The Bertz CT molecular complexity index is 553. The molecule has 1 atom stereocenters. The fraction of sp³-hybridized carbons (Fsp3) is 0.500. The molecule has 0 heterocycles. The maximum atomic E-state index is 13.8. The van der Waals surface area contributed by atoms with Crippen LogP contribution in [0.3, 0.4) is 0 Å². The van der Waals surface area contributed by atoms with E-state index in [0.29, 0.717) is 12.1 Å². The van der Waals surface area contributed by atoms with Crippen LogP contribution >= 0.6 is 0 Å². The zero-order chi connectivity index (χ0) is 16.9. The standard InChI is InChI=1S/C16H23FN2O3/c1-10(7-8-20)18-14(21)12-9-11(5-6-13(12)17)19-15(22)16(2,3)4/h5-6,9-10,20H,7-8H2,1-4H3,(H,18,21)(H,19,22). The highest BCUT2D eigenvalue weighted by atomic mass is 19.1. The largest absolute Gasteiger partial charge is 0.396 e. The number of hydrogen-bond acceptors (Lipinski definition) is 3. The first-order valence-corrected chi connectivity index (χ1v) is 7.18. The minimum absolute atomic E-state index is 0.0639. The van der Waals surface area contributed by atoms with E-state index in [1.54, 1.807) is 27.7 Å². The summed E-state index contributed by atoms with van der Waals surface area (Å²) in [4.78, 5) is 24.0. The fourth-order valence-corrected chi connectivity index (χ4v) is 1.66. The Kier molecular flexibility index (Phi) is 6.05. The zero-order valence-corrected chi connectivity index (χ0v) is 13.4. The van der Waals surface area contributed by atoms with E-state index in [-0.39, 0.29) is 24.1 Å². The Labute approximate surface area is 129 Å². The van der Waals surface area contributed by atoms with Crippen molar-refractivity contribution in [2.75, 3.05) is 11.9 Å². The van der Waals surface area contributed by atoms with Crippen molar-refractivity contribution in [1.29, 1.82) is 0 Å². The van der Waals surface area contributed by atoms with Crippen molar-refractivity contribution in [3.63, 3.8) is 0 Å². The van der Waals surface area contributed by atoms with E-state index < -0.39 is 17.1 Å². The van der Waals surface area contributed by atoms with Crippen LogP contribution < -0.4 is 10.6 Å². The van der Waals surface area contributed by atoms with Crippen molar-refractivity contribution in [3.8, 4) is 0 Å². The topological polar surface area (TPSA) is 78.4 Å². The lowest BCUT2D eigenvalue weighted by Crippen LogP contribution is -2.34. The molecule has 0 aliphatic rings. The lowest BCUT2D eigenvalue weighted by Gasteiger charge is -2.18. The molecule has 0 saturated heterocycles. The first-order chi connectivity index (χ1) is 10.1. The van der Waals surface area contributed by atoms with E-state index in [9.17, 15) is 14.0 Å². The number of carbonyl (C=O) groups is 2. The number of aliphatic hydroxyl groups excluding tert-OH is 1. The summed E-state index contributed by atoms with van der Waals surface area (Å²) < 4.78 is 13.8. The molecule has 1 unspecified atom stereocenters. The maximum Gasteiger partial charge on any atom is 0.254 e. The molecule has 5 nitrogen and oxygen atoms in total. The quantitative estimate of drug-likeness (QED) is 0.781. The van der Waals surface area contributed by atoms with E-state index >= 15 is 0 Å². The van der Waals surface area contributed by atoms with Crippen LogP contribution in [0.5, 0.6) is 0 Å². The van der Waals surface area contributed by atoms with Crippen LogP contribution in [0.2, 0.25) is 0 Å². The van der Waals surface area contributed by atoms with Crippen molar-refractivity contribution in [2.45, 2.75) is 40.2 Å². The number of amides is 2. The Morgan fingerprint density at radius 3 is 2.50 bits per heavy atom. The molecule has 3 N–H and O–H groups in total. The summed E-state index contributed by atoms with van der Waals surface area (Å²) in [6.45, 7) is 6.94. The minimum atomic E-state index is -0.664. The van der Waals surface area contributed by atoms with Gasteiger partial charge < -0.3 is 15.7 Å². The van der Waals surface area contributed by atoms with Gasteiger partial charge in [-0.3, -0.25) is 9.59 Å². The number of aliphatic hydroxyl groups is 1. The average molecular weight is 310 g/mol. The van der Waals surface area contributed by atoms with Crippen molar-refractivity contribution in [1.82, 2.24) is 5.32 Å². The van der Waals surface area contributed by atoms with Gasteiger partial charge in [0.05, 0.1) is 5.56 Å². The summed E-state index contributed by atoms with van der Waals surface area (Å²) in [7, 11) is 0. The summed E-state index contributed by atoms with van der Waals surface area (Å²) >= 11 is 0. The normalized spacial score (nSPS) is 12.6. The van der Waals surface area contributed by atoms with Crippen LogP contribution in [0.15, 0.2) is 18.2 Å². The summed E-state index contributed by atoms with van der Waals surface area (Å²) in [5.41, 5.74) is -0.371. The summed E-state index contributed by atoms with van der Waals surface area (Å²) in [5, 5.41) is 14.1. The zero-order valence-electron chi connectivity index (χ0n) is 13.4. The van der Waals surface area contributed by atoms with E-state index in [4.69, 9.17) is 5.11 Å². The third kappa shape index (κ3) is 5.11. The van der Waals surface area contributed by atoms with Crippen LogP contribution in [-0.4, -0.2) is 29.6 Å². The SMILES string of the molecule is CC(CCO)NC(=O)c1cc(NC(=O)C(C)(C)C)ccc1F. The van der Waals surface area contributed by atoms with Gasteiger partial charge in [0.25, 0.3) is 5.91 Å². The predicted octanol–water partition coefficient (Wildman–Crippen LogP) is 2.31. The van der Waals surface area contributed by atoms with Gasteiger partial charge in [-0.1, -0.05) is 20.8 Å². The molecule has 22 heavy (non-hydrogen) atoms. The maximum absolute atomic E-state index is 13.8. The Hall–Kier alpha value is -1.95. The number of carbonyl (C=O) groups excluding carboxylic acids is 2. The second kappa shape index (κ2) is 7.35. The third-order valence-electron chi connectivity index (χ3n) is 3.09. The molecule has 122 valence electrons. The smallest absolute Gasteiger partial charge is 0.254 e. The van der Waals surface area contributed by atoms with Crippen molar-refractivity contribution in [3.05, 3.63) is 29.6 Å². The van der Waals surface area contributed by atoms with Crippen LogP contribution in [0.1, 0.15) is 44.5 Å². The number of anilines is 1. The van der Waals surface area contributed by atoms with Gasteiger partial charge in [-0.2, -0.15) is 0 Å². The van der Waals surface area contributed by atoms with Crippen molar-refractivity contribution < 1.29 is 19.1 Å². The first-order valence-electron chi connectivity index (χ1n) is 7.18. The molecule has 0 radical (unpaired) electrons. The highest BCUT2D eigenvalue weighted by Crippen LogP contribution is 2.20. The van der Waals surface area contributed by atoms with Crippen LogP contribution in [-0.2, 0) is 4.79 Å². The molecule has 2 amide bonds. The Balaban J connectivity index is 2.90. The van der Waals surface area contributed by atoms with Gasteiger partial charge in [-0.25, -0.2) is 4.39 Å². The second-order valence-electron chi connectivity index (χ2n) is 6.29. The minimum Gasteiger partial charge on any atom is -0.396 e. The van der Waals surface area contributed by atoms with E-state index in [1.807, 2.05) is 0 Å². The van der Waals surface area contributed by atoms with Gasteiger partial charge in [0, 0.05) is 23.8 Å². The molecule has 0 aliphatic carbocycles. The number of benzene rings is 1. The van der Waals surface area contributed by atoms with Gasteiger partial charge >= 0.3 is 0 Å². The molecule has 6 heteroatoms. The summed E-state index contributed by atoms with van der Waals surface area (Å²) in [6.07, 6.45) is 0.383. The average Bonchev–Trinajstić information content (AvgIpc) is 2.39. The molecule has 0 spiro atoms. The molecule has 1 aromatic rings. The molecular weight excluding hydrogens is 287 g/mol. The Morgan fingerprint density at radius 2 is 1.95 bits per heavy atom. The monoisotopic (exact) mass is 310 g/mol. The molecular formula is C16H23FN2O3. The molecule has 0 fully saturated rings. The van der Waals surface area contributed by atoms with Gasteiger partial charge in [-0.05, 0) is 31.5 Å². The van der Waals surface area contributed by atoms with Crippen molar-refractivity contribution in [2.24, 2.45) is 5.41 Å². The summed E-state index contributed by atoms with van der Waals surface area (Å²) in [6, 6.07) is 3.58. The van der Waals surface area contributed by atoms with Crippen LogP contribution in [0, 0.1) is 11.2 Å². The highest BCUT2D eigenvalue weighted by molar-refractivity contribution is 5.98. The summed E-state index contributed by atoms with van der Waals surface area (Å²) in [5.74, 6) is -1.47. The van der Waals surface area contributed by atoms with Crippen molar-refractivity contribution >= 4 is 17.5 Å². The van der Waals surface area contributed by atoms with Gasteiger partial charge in [0.1, 0.15) is 5.82 Å². The highest BCUT2D eigenvalue weighted by Gasteiger charge is 2.22. The molecule has 0 bridgehead atoms. The third-order valence-corrected chi connectivity index (χ3v) is 3.09.